The molecule has 112 valence electrons. The van der Waals surface area contributed by atoms with Crippen LogP contribution in [0.3, 0.4) is 0 Å². The summed E-state index contributed by atoms with van der Waals surface area (Å²) in [6.07, 6.45) is 0. The predicted octanol–water partition coefficient (Wildman–Crippen LogP) is 5.96. The molecule has 0 saturated heterocycles. The van der Waals surface area contributed by atoms with Crippen LogP contribution in [0, 0.1) is 0 Å². The minimum atomic E-state index is -0.175. The first-order valence-corrected chi connectivity index (χ1v) is 8.39. The summed E-state index contributed by atoms with van der Waals surface area (Å²) in [6.45, 7) is 0. The van der Waals surface area contributed by atoms with Crippen LogP contribution >= 0.6 is 22.9 Å². The number of carbonyl (C=O) groups is 1. The summed E-state index contributed by atoms with van der Waals surface area (Å²) in [4.78, 5) is 13.1. The molecular formula is C19H12ClNOS. The Labute approximate surface area is 142 Å². The van der Waals surface area contributed by atoms with Crippen LogP contribution in [0.4, 0.5) is 5.69 Å². The Morgan fingerprint density at radius 2 is 1.65 bits per heavy atom. The number of halogens is 1. The third-order valence-electron chi connectivity index (χ3n) is 3.76. The molecule has 0 atom stereocenters. The lowest BCUT2D eigenvalue weighted by Gasteiger charge is -2.03. The minimum Gasteiger partial charge on any atom is -0.321 e. The largest absolute Gasteiger partial charge is 0.321 e. The lowest BCUT2D eigenvalue weighted by Crippen LogP contribution is -2.10. The molecule has 4 heteroatoms. The molecule has 0 radical (unpaired) electrons. The highest BCUT2D eigenvalue weighted by Gasteiger charge is 2.18. The average molecular weight is 338 g/mol. The minimum absolute atomic E-state index is 0.175. The quantitative estimate of drug-likeness (QED) is 0.480. The Balaban J connectivity index is 1.83. The van der Waals surface area contributed by atoms with Gasteiger partial charge in [-0.15, -0.1) is 11.3 Å². The maximum Gasteiger partial charge on any atom is 0.267 e. The number of rotatable bonds is 2. The van der Waals surface area contributed by atoms with Gasteiger partial charge >= 0.3 is 0 Å². The summed E-state index contributed by atoms with van der Waals surface area (Å²) in [5.74, 6) is -0.175. The van der Waals surface area contributed by atoms with E-state index in [1.165, 1.54) is 11.3 Å². The number of anilines is 1. The number of hydrogen-bond donors (Lipinski definition) is 1. The van der Waals surface area contributed by atoms with Crippen LogP contribution in [-0.4, -0.2) is 5.91 Å². The SMILES string of the molecule is O=C(Nc1ccccc1)c1sc2ccc3ccccc3c2c1Cl. The fourth-order valence-electron chi connectivity index (χ4n) is 2.69. The summed E-state index contributed by atoms with van der Waals surface area (Å²) in [5.41, 5.74) is 0.760. The van der Waals surface area contributed by atoms with Crippen molar-refractivity contribution in [3.8, 4) is 0 Å². The van der Waals surface area contributed by atoms with Crippen LogP contribution in [0.15, 0.2) is 66.7 Å². The van der Waals surface area contributed by atoms with Crippen LogP contribution in [0.5, 0.6) is 0 Å². The fraction of sp³-hybridized carbons (Fsp3) is 0. The molecule has 0 aliphatic rings. The van der Waals surface area contributed by atoms with E-state index in [0.29, 0.717) is 9.90 Å². The van der Waals surface area contributed by atoms with Gasteiger partial charge in [0.1, 0.15) is 4.88 Å². The molecule has 0 unspecified atom stereocenters. The van der Waals surface area contributed by atoms with Crippen LogP contribution in [0.1, 0.15) is 9.67 Å². The number of para-hydroxylation sites is 1. The number of thiophene rings is 1. The highest BCUT2D eigenvalue weighted by molar-refractivity contribution is 7.22. The third kappa shape index (κ3) is 2.48. The summed E-state index contributed by atoms with van der Waals surface area (Å²) in [5, 5.41) is 6.56. The maximum atomic E-state index is 12.6. The van der Waals surface area contributed by atoms with Gasteiger partial charge in [0.25, 0.3) is 5.91 Å². The molecule has 0 aliphatic carbocycles. The van der Waals surface area contributed by atoms with Crippen molar-refractivity contribution in [1.29, 1.82) is 0 Å². The molecule has 1 aromatic heterocycles. The average Bonchev–Trinajstić information content (AvgIpc) is 2.93. The Morgan fingerprint density at radius 3 is 2.48 bits per heavy atom. The van der Waals surface area contributed by atoms with Gasteiger partial charge in [0.05, 0.1) is 5.02 Å². The smallest absolute Gasteiger partial charge is 0.267 e. The fourth-order valence-corrected chi connectivity index (χ4v) is 4.15. The van der Waals surface area contributed by atoms with Crippen LogP contribution < -0.4 is 5.32 Å². The zero-order chi connectivity index (χ0) is 15.8. The van der Waals surface area contributed by atoms with Crippen LogP contribution in [0.25, 0.3) is 20.9 Å². The Kier molecular flexibility index (Phi) is 3.52. The second kappa shape index (κ2) is 5.69. The third-order valence-corrected chi connectivity index (χ3v) is 5.40. The molecule has 0 saturated carbocycles. The molecule has 0 fully saturated rings. The van der Waals surface area contributed by atoms with E-state index in [-0.39, 0.29) is 5.91 Å². The van der Waals surface area contributed by atoms with Gasteiger partial charge in [-0.25, -0.2) is 0 Å². The second-order valence-electron chi connectivity index (χ2n) is 5.23. The monoisotopic (exact) mass is 337 g/mol. The molecule has 1 N–H and O–H groups in total. The number of hydrogen-bond acceptors (Lipinski definition) is 2. The Bertz CT molecular complexity index is 1020. The summed E-state index contributed by atoms with van der Waals surface area (Å²) in [6, 6.07) is 21.5. The first-order valence-electron chi connectivity index (χ1n) is 7.20. The van der Waals surface area contributed by atoms with Crippen molar-refractivity contribution < 1.29 is 4.79 Å². The van der Waals surface area contributed by atoms with Crippen molar-refractivity contribution in [2.24, 2.45) is 0 Å². The van der Waals surface area contributed by atoms with E-state index in [0.717, 1.165) is 26.5 Å². The van der Waals surface area contributed by atoms with Crippen LogP contribution in [0.2, 0.25) is 5.02 Å². The maximum absolute atomic E-state index is 12.6. The molecule has 0 bridgehead atoms. The molecule has 1 heterocycles. The van der Waals surface area contributed by atoms with Gasteiger partial charge in [-0.05, 0) is 29.0 Å². The second-order valence-corrected chi connectivity index (χ2v) is 6.66. The molecule has 23 heavy (non-hydrogen) atoms. The van der Waals surface area contributed by atoms with E-state index >= 15 is 0 Å². The zero-order valence-corrected chi connectivity index (χ0v) is 13.6. The Hall–Kier alpha value is -2.36. The summed E-state index contributed by atoms with van der Waals surface area (Å²) >= 11 is 7.97. The topological polar surface area (TPSA) is 29.1 Å². The number of carbonyl (C=O) groups excluding carboxylic acids is 1. The molecule has 4 rings (SSSR count). The number of nitrogens with one attached hydrogen (secondary N) is 1. The molecule has 0 spiro atoms. The van der Waals surface area contributed by atoms with Gasteiger partial charge < -0.3 is 5.32 Å². The number of amides is 1. The lowest BCUT2D eigenvalue weighted by molar-refractivity contribution is 0.103. The van der Waals surface area contributed by atoms with Crippen molar-refractivity contribution in [3.05, 3.63) is 76.6 Å². The first kappa shape index (κ1) is 14.2. The van der Waals surface area contributed by atoms with Gasteiger partial charge in [0.2, 0.25) is 0 Å². The van der Waals surface area contributed by atoms with Crippen molar-refractivity contribution >= 4 is 55.4 Å². The van der Waals surface area contributed by atoms with E-state index in [4.69, 9.17) is 11.6 Å². The van der Waals surface area contributed by atoms with E-state index in [1.54, 1.807) is 0 Å². The summed E-state index contributed by atoms with van der Waals surface area (Å²) < 4.78 is 1.02. The number of benzene rings is 3. The van der Waals surface area contributed by atoms with Crippen LogP contribution in [-0.2, 0) is 0 Å². The Morgan fingerprint density at radius 1 is 0.913 bits per heavy atom. The number of fused-ring (bicyclic) bond motifs is 3. The predicted molar refractivity (Wildman–Crippen MR) is 98.7 cm³/mol. The lowest BCUT2D eigenvalue weighted by atomic mass is 10.1. The van der Waals surface area contributed by atoms with Crippen molar-refractivity contribution in [1.82, 2.24) is 0 Å². The van der Waals surface area contributed by atoms with E-state index in [9.17, 15) is 4.79 Å². The first-order chi connectivity index (χ1) is 11.2. The van der Waals surface area contributed by atoms with Crippen molar-refractivity contribution in [2.75, 3.05) is 5.32 Å². The van der Waals surface area contributed by atoms with Gasteiger partial charge in [0, 0.05) is 15.8 Å². The standard InChI is InChI=1S/C19H12ClNOS/c20-17-16-14-9-5-4-6-12(14)10-11-15(16)23-18(17)19(22)21-13-7-2-1-3-8-13/h1-11H,(H,21,22). The molecule has 3 aromatic carbocycles. The molecule has 4 aromatic rings. The molecule has 2 nitrogen and oxygen atoms in total. The van der Waals surface area contributed by atoms with Crippen molar-refractivity contribution in [3.63, 3.8) is 0 Å². The van der Waals surface area contributed by atoms with Gasteiger partial charge in [-0.3, -0.25) is 4.79 Å². The van der Waals surface area contributed by atoms with Crippen molar-refractivity contribution in [2.45, 2.75) is 0 Å². The van der Waals surface area contributed by atoms with Gasteiger partial charge in [0.15, 0.2) is 0 Å². The van der Waals surface area contributed by atoms with E-state index in [2.05, 4.69) is 11.4 Å². The summed E-state index contributed by atoms with van der Waals surface area (Å²) in [7, 11) is 0. The molecule has 0 aliphatic heterocycles. The normalized spacial score (nSPS) is 11.0. The van der Waals surface area contributed by atoms with Gasteiger partial charge in [-0.2, -0.15) is 0 Å². The van der Waals surface area contributed by atoms with E-state index in [1.807, 2.05) is 60.7 Å². The van der Waals surface area contributed by atoms with E-state index < -0.39 is 0 Å². The molecular weight excluding hydrogens is 326 g/mol. The molecule has 1 amide bonds. The van der Waals surface area contributed by atoms with Gasteiger partial charge in [-0.1, -0.05) is 60.1 Å². The highest BCUT2D eigenvalue weighted by atomic mass is 35.5. The highest BCUT2D eigenvalue weighted by Crippen LogP contribution is 2.39. The zero-order valence-electron chi connectivity index (χ0n) is 12.0.